The first-order valence-corrected chi connectivity index (χ1v) is 7.72. The highest BCUT2D eigenvalue weighted by molar-refractivity contribution is 5.80. The number of carbonyl (C=O) groups excluding carboxylic acids is 1. The normalized spacial score (nSPS) is 20.3. The number of rotatable bonds is 6. The average Bonchev–Trinajstić information content (AvgIpc) is 2.97. The molecule has 2 aromatic carbocycles. The summed E-state index contributed by atoms with van der Waals surface area (Å²) < 4.78 is 16.2. The number of cyclic esters (lactones) is 1. The van der Waals surface area contributed by atoms with Gasteiger partial charge in [0.05, 0.1) is 26.2 Å². The molecule has 3 rings (SSSR count). The molecule has 120 valence electrons. The quantitative estimate of drug-likeness (QED) is 0.768. The summed E-state index contributed by atoms with van der Waals surface area (Å²) in [6.07, 6.45) is 0.471. The molecular formula is C19H20O4. The van der Waals surface area contributed by atoms with Crippen LogP contribution in [0.25, 0.3) is 0 Å². The number of ether oxygens (including phenoxy) is 3. The molecule has 0 saturated carbocycles. The molecule has 1 aliphatic heterocycles. The minimum atomic E-state index is -0.216. The van der Waals surface area contributed by atoms with Crippen molar-refractivity contribution in [2.45, 2.75) is 25.0 Å². The number of hydrogen-bond acceptors (Lipinski definition) is 4. The summed E-state index contributed by atoms with van der Waals surface area (Å²) in [5, 5.41) is 0. The lowest BCUT2D eigenvalue weighted by molar-refractivity contribution is -0.144. The Labute approximate surface area is 136 Å². The van der Waals surface area contributed by atoms with Gasteiger partial charge in [0.15, 0.2) is 0 Å². The lowest BCUT2D eigenvalue weighted by Crippen LogP contribution is -2.14. The summed E-state index contributed by atoms with van der Waals surface area (Å²) in [4.78, 5) is 12.1. The van der Waals surface area contributed by atoms with E-state index < -0.39 is 0 Å². The predicted octanol–water partition coefficient (Wildman–Crippen LogP) is 3.31. The first-order valence-electron chi connectivity index (χ1n) is 7.72. The van der Waals surface area contributed by atoms with Gasteiger partial charge >= 0.3 is 5.97 Å². The van der Waals surface area contributed by atoms with E-state index in [9.17, 15) is 4.79 Å². The van der Waals surface area contributed by atoms with E-state index in [2.05, 4.69) is 0 Å². The Kier molecular flexibility index (Phi) is 4.93. The van der Waals surface area contributed by atoms with Gasteiger partial charge in [-0.3, -0.25) is 4.79 Å². The Bertz CT molecular complexity index is 636. The number of carbonyl (C=O) groups is 1. The molecule has 2 aromatic rings. The first-order chi connectivity index (χ1) is 11.3. The molecule has 0 aliphatic carbocycles. The lowest BCUT2D eigenvalue weighted by Gasteiger charge is -2.10. The molecule has 1 fully saturated rings. The highest BCUT2D eigenvalue weighted by Gasteiger charge is 2.35. The Morgan fingerprint density at radius 3 is 2.52 bits per heavy atom. The zero-order valence-corrected chi connectivity index (χ0v) is 13.1. The van der Waals surface area contributed by atoms with Crippen molar-refractivity contribution in [1.29, 1.82) is 0 Å². The van der Waals surface area contributed by atoms with Gasteiger partial charge in [-0.15, -0.1) is 0 Å². The highest BCUT2D eigenvalue weighted by atomic mass is 16.6. The zero-order valence-electron chi connectivity index (χ0n) is 13.1. The van der Waals surface area contributed by atoms with Crippen molar-refractivity contribution < 1.29 is 19.0 Å². The maximum atomic E-state index is 12.1. The minimum Gasteiger partial charge on any atom is -0.497 e. The largest absolute Gasteiger partial charge is 0.497 e. The topological polar surface area (TPSA) is 44.8 Å². The number of benzene rings is 2. The van der Waals surface area contributed by atoms with Gasteiger partial charge in [-0.25, -0.2) is 0 Å². The second-order valence-electron chi connectivity index (χ2n) is 5.62. The first kappa shape index (κ1) is 15.6. The molecule has 0 radical (unpaired) electrons. The van der Waals surface area contributed by atoms with Crippen LogP contribution in [0.1, 0.15) is 23.5 Å². The van der Waals surface area contributed by atoms with Crippen molar-refractivity contribution in [3.8, 4) is 5.75 Å². The fourth-order valence-corrected chi connectivity index (χ4v) is 2.75. The lowest BCUT2D eigenvalue weighted by atomic mass is 9.96. The van der Waals surface area contributed by atoms with Gasteiger partial charge in [-0.1, -0.05) is 42.5 Å². The molecule has 0 spiro atoms. The molecule has 0 unspecified atom stereocenters. The molecule has 4 heteroatoms. The molecule has 1 aliphatic rings. The van der Waals surface area contributed by atoms with Crippen molar-refractivity contribution in [2.24, 2.45) is 0 Å². The molecular weight excluding hydrogens is 292 g/mol. The number of methoxy groups -OCH3 is 1. The Morgan fingerprint density at radius 2 is 1.83 bits per heavy atom. The van der Waals surface area contributed by atoms with E-state index in [1.807, 2.05) is 54.6 Å². The summed E-state index contributed by atoms with van der Waals surface area (Å²) in [5.74, 6) is 0.387. The van der Waals surface area contributed by atoms with Crippen LogP contribution >= 0.6 is 0 Å². The molecule has 1 saturated heterocycles. The average molecular weight is 312 g/mol. The van der Waals surface area contributed by atoms with E-state index in [-0.39, 0.29) is 18.0 Å². The summed E-state index contributed by atoms with van der Waals surface area (Å²) in [5.41, 5.74) is 2.07. The molecule has 4 nitrogen and oxygen atoms in total. The fraction of sp³-hybridized carbons (Fsp3) is 0.316. The van der Waals surface area contributed by atoms with E-state index in [0.29, 0.717) is 19.6 Å². The monoisotopic (exact) mass is 312 g/mol. The van der Waals surface area contributed by atoms with E-state index in [0.717, 1.165) is 16.9 Å². The number of esters is 1. The SMILES string of the molecule is COc1ccc([C@@H]2C[C@H](COCc3ccccc3)OC2=O)cc1. The van der Waals surface area contributed by atoms with Crippen LogP contribution in [0.2, 0.25) is 0 Å². The highest BCUT2D eigenvalue weighted by Crippen LogP contribution is 2.31. The standard InChI is InChI=1S/C19H20O4/c1-21-16-9-7-15(8-10-16)18-11-17(23-19(18)20)13-22-12-14-5-3-2-4-6-14/h2-10,17-18H,11-13H2,1H3/t17-,18+/m1/s1. The molecule has 0 N–H and O–H groups in total. The van der Waals surface area contributed by atoms with E-state index in [1.54, 1.807) is 7.11 Å². The zero-order chi connectivity index (χ0) is 16.1. The van der Waals surface area contributed by atoms with Crippen molar-refractivity contribution in [3.63, 3.8) is 0 Å². The van der Waals surface area contributed by atoms with Crippen molar-refractivity contribution >= 4 is 5.97 Å². The minimum absolute atomic E-state index is 0.177. The maximum Gasteiger partial charge on any atom is 0.313 e. The molecule has 0 aromatic heterocycles. The summed E-state index contributed by atoms with van der Waals surface area (Å²) in [7, 11) is 1.62. The third-order valence-electron chi connectivity index (χ3n) is 4.00. The summed E-state index contributed by atoms with van der Waals surface area (Å²) >= 11 is 0. The Balaban J connectivity index is 1.52. The van der Waals surface area contributed by atoms with Gasteiger partial charge in [0.2, 0.25) is 0 Å². The van der Waals surface area contributed by atoms with E-state index in [4.69, 9.17) is 14.2 Å². The van der Waals surface area contributed by atoms with Gasteiger partial charge in [-0.2, -0.15) is 0 Å². The third kappa shape index (κ3) is 3.90. The van der Waals surface area contributed by atoms with Crippen LogP contribution in [0, 0.1) is 0 Å². The van der Waals surface area contributed by atoms with Crippen LogP contribution in [0.5, 0.6) is 5.75 Å². The third-order valence-corrected chi connectivity index (χ3v) is 4.00. The maximum absolute atomic E-state index is 12.1. The molecule has 1 heterocycles. The van der Waals surface area contributed by atoms with Crippen LogP contribution in [0.4, 0.5) is 0 Å². The fourth-order valence-electron chi connectivity index (χ4n) is 2.75. The van der Waals surface area contributed by atoms with Crippen LogP contribution < -0.4 is 4.74 Å². The van der Waals surface area contributed by atoms with Crippen LogP contribution in [-0.4, -0.2) is 25.8 Å². The van der Waals surface area contributed by atoms with Crippen molar-refractivity contribution in [3.05, 3.63) is 65.7 Å². The van der Waals surface area contributed by atoms with Gasteiger partial charge in [0.1, 0.15) is 11.9 Å². The predicted molar refractivity (Wildman–Crippen MR) is 86.3 cm³/mol. The molecule has 23 heavy (non-hydrogen) atoms. The summed E-state index contributed by atoms with van der Waals surface area (Å²) in [6.45, 7) is 0.954. The Morgan fingerprint density at radius 1 is 1.09 bits per heavy atom. The second kappa shape index (κ2) is 7.29. The van der Waals surface area contributed by atoms with E-state index >= 15 is 0 Å². The van der Waals surface area contributed by atoms with Crippen LogP contribution in [0.15, 0.2) is 54.6 Å². The van der Waals surface area contributed by atoms with Gasteiger partial charge < -0.3 is 14.2 Å². The van der Waals surface area contributed by atoms with Gasteiger partial charge in [0, 0.05) is 6.42 Å². The van der Waals surface area contributed by atoms with Crippen LogP contribution in [0.3, 0.4) is 0 Å². The van der Waals surface area contributed by atoms with Crippen LogP contribution in [-0.2, 0) is 20.9 Å². The molecule has 2 atom stereocenters. The Hall–Kier alpha value is -2.33. The smallest absolute Gasteiger partial charge is 0.313 e. The van der Waals surface area contributed by atoms with Crippen molar-refractivity contribution in [1.82, 2.24) is 0 Å². The second-order valence-corrected chi connectivity index (χ2v) is 5.62. The van der Waals surface area contributed by atoms with Gasteiger partial charge in [0.25, 0.3) is 0 Å². The van der Waals surface area contributed by atoms with E-state index in [1.165, 1.54) is 0 Å². The molecule has 0 amide bonds. The molecule has 0 bridgehead atoms. The summed E-state index contributed by atoms with van der Waals surface area (Å²) in [6, 6.07) is 17.5. The van der Waals surface area contributed by atoms with Crippen molar-refractivity contribution in [2.75, 3.05) is 13.7 Å². The number of hydrogen-bond donors (Lipinski definition) is 0. The van der Waals surface area contributed by atoms with Gasteiger partial charge in [-0.05, 0) is 23.3 Å².